The molecule has 8 nitrogen and oxygen atoms in total. The number of hydrogen-bond acceptors (Lipinski definition) is 7. The Morgan fingerprint density at radius 2 is 1.90 bits per heavy atom. The molecule has 2 bridgehead atoms. The van der Waals surface area contributed by atoms with Crippen LogP contribution < -0.4 is 0 Å². The first kappa shape index (κ1) is 22.9. The topological polar surface area (TPSA) is 116 Å². The van der Waals surface area contributed by atoms with E-state index in [1.807, 2.05) is 0 Å². The summed E-state index contributed by atoms with van der Waals surface area (Å²) in [6.45, 7) is 1.73. The smallest absolute Gasteiger partial charge is 0.431 e. The molecule has 0 spiro atoms. The van der Waals surface area contributed by atoms with Crippen LogP contribution in [0.5, 0.6) is 0 Å². The van der Waals surface area contributed by atoms with E-state index in [-0.39, 0.29) is 29.3 Å². The number of halogens is 4. The van der Waals surface area contributed by atoms with E-state index in [0.29, 0.717) is 6.42 Å². The third-order valence-electron chi connectivity index (χ3n) is 5.81. The minimum Gasteiger partial charge on any atom is -0.458 e. The summed E-state index contributed by atoms with van der Waals surface area (Å²) in [5.74, 6) is -5.97. The zero-order valence-corrected chi connectivity index (χ0v) is 16.4. The van der Waals surface area contributed by atoms with Crippen LogP contribution in [0.3, 0.4) is 0 Å². The molecule has 13 heteroatoms. The maximum absolute atomic E-state index is 13.4. The Balaban J connectivity index is 1.46. The maximum Gasteiger partial charge on any atom is 0.431 e. The van der Waals surface area contributed by atoms with Crippen molar-refractivity contribution in [2.75, 3.05) is 13.2 Å². The van der Waals surface area contributed by atoms with Crippen molar-refractivity contribution in [1.29, 1.82) is 0 Å². The zero-order chi connectivity index (χ0) is 22.5. The quantitative estimate of drug-likeness (QED) is 0.183. The van der Waals surface area contributed by atoms with Gasteiger partial charge in [0.15, 0.2) is 0 Å². The molecule has 4 unspecified atom stereocenters. The van der Waals surface area contributed by atoms with Gasteiger partial charge >= 0.3 is 33.2 Å². The van der Waals surface area contributed by atoms with Gasteiger partial charge in [0.2, 0.25) is 0 Å². The van der Waals surface area contributed by atoms with Gasteiger partial charge in [0.05, 0.1) is 18.8 Å². The summed E-state index contributed by atoms with van der Waals surface area (Å²) in [4.78, 5) is 23.8. The number of rotatable bonds is 9. The minimum absolute atomic E-state index is 0.0390. The number of hydrogen-bond donors (Lipinski definition) is 1. The van der Waals surface area contributed by atoms with Crippen LogP contribution in [0.1, 0.15) is 25.7 Å². The summed E-state index contributed by atoms with van der Waals surface area (Å²) in [5.41, 5.74) is -0.277. The van der Waals surface area contributed by atoms with Crippen molar-refractivity contribution in [3.63, 3.8) is 0 Å². The van der Waals surface area contributed by atoms with Crippen molar-refractivity contribution in [3.05, 3.63) is 12.2 Å². The van der Waals surface area contributed by atoms with Crippen molar-refractivity contribution in [2.45, 2.75) is 49.1 Å². The van der Waals surface area contributed by atoms with Crippen LogP contribution in [0.15, 0.2) is 12.2 Å². The molecule has 0 aromatic rings. The third-order valence-corrected chi connectivity index (χ3v) is 6.76. The highest BCUT2D eigenvalue weighted by molar-refractivity contribution is 7.87. The van der Waals surface area contributed by atoms with Crippen molar-refractivity contribution < 1.29 is 54.3 Å². The fraction of sp³-hybridized carbons (Fsp3) is 0.765. The molecule has 0 aromatic carbocycles. The SMILES string of the molecule is C=C(COCCC(F)(F)C(F)(F)S(=O)(=O)O)C(=O)OC1C2OC(=O)CC3C[C@H]1CC32. The first-order valence-electron chi connectivity index (χ1n) is 9.13. The fourth-order valence-corrected chi connectivity index (χ4v) is 4.83. The van der Waals surface area contributed by atoms with E-state index in [2.05, 4.69) is 6.58 Å². The largest absolute Gasteiger partial charge is 0.458 e. The predicted octanol–water partition coefficient (Wildman–Crippen LogP) is 1.95. The summed E-state index contributed by atoms with van der Waals surface area (Å²) in [6, 6.07) is 0. The summed E-state index contributed by atoms with van der Waals surface area (Å²) >= 11 is 0. The Morgan fingerprint density at radius 3 is 2.53 bits per heavy atom. The molecule has 3 aliphatic rings. The van der Waals surface area contributed by atoms with E-state index >= 15 is 0 Å². The van der Waals surface area contributed by atoms with Crippen molar-refractivity contribution in [3.8, 4) is 0 Å². The van der Waals surface area contributed by atoms with Crippen LogP contribution in [0.2, 0.25) is 0 Å². The van der Waals surface area contributed by atoms with Gasteiger partial charge in [0.1, 0.15) is 12.2 Å². The highest BCUT2D eigenvalue weighted by Gasteiger charge is 2.65. The van der Waals surface area contributed by atoms with E-state index < -0.39 is 59.1 Å². The van der Waals surface area contributed by atoms with Crippen molar-refractivity contribution >= 4 is 22.1 Å². The van der Waals surface area contributed by atoms with Gasteiger partial charge in [-0.15, -0.1) is 0 Å². The van der Waals surface area contributed by atoms with Crippen LogP contribution in [-0.4, -0.2) is 61.5 Å². The number of ether oxygens (including phenoxy) is 3. The van der Waals surface area contributed by atoms with Crippen LogP contribution in [0.4, 0.5) is 17.6 Å². The third kappa shape index (κ3) is 4.06. The lowest BCUT2D eigenvalue weighted by atomic mass is 9.81. The van der Waals surface area contributed by atoms with Crippen LogP contribution in [0.25, 0.3) is 0 Å². The monoisotopic (exact) mass is 460 g/mol. The van der Waals surface area contributed by atoms with Gasteiger partial charge in [0.25, 0.3) is 0 Å². The molecule has 0 aromatic heterocycles. The summed E-state index contributed by atoms with van der Waals surface area (Å²) < 4.78 is 97.4. The molecular formula is C17H20F4O8S. The number of esters is 2. The normalized spacial score (nSPS) is 30.8. The van der Waals surface area contributed by atoms with Crippen LogP contribution in [0, 0.1) is 17.8 Å². The summed E-state index contributed by atoms with van der Waals surface area (Å²) in [7, 11) is -6.32. The molecule has 1 saturated heterocycles. The molecule has 2 aliphatic carbocycles. The highest BCUT2D eigenvalue weighted by Crippen LogP contribution is 2.54. The van der Waals surface area contributed by atoms with Gasteiger partial charge in [-0.2, -0.15) is 26.0 Å². The predicted molar refractivity (Wildman–Crippen MR) is 90.1 cm³/mol. The van der Waals surface area contributed by atoms with Crippen LogP contribution in [-0.2, 0) is 33.9 Å². The van der Waals surface area contributed by atoms with Gasteiger partial charge in [-0.1, -0.05) is 6.58 Å². The summed E-state index contributed by atoms with van der Waals surface area (Å²) in [5, 5.41) is -5.68. The van der Waals surface area contributed by atoms with Gasteiger partial charge in [-0.05, 0) is 18.8 Å². The van der Waals surface area contributed by atoms with Crippen molar-refractivity contribution in [2.24, 2.45) is 17.8 Å². The molecule has 2 saturated carbocycles. The molecule has 1 heterocycles. The maximum atomic E-state index is 13.4. The minimum atomic E-state index is -6.32. The van der Waals surface area contributed by atoms with Gasteiger partial charge < -0.3 is 14.2 Å². The van der Waals surface area contributed by atoms with E-state index in [1.165, 1.54) is 0 Å². The van der Waals surface area contributed by atoms with Gasteiger partial charge in [-0.3, -0.25) is 9.35 Å². The lowest BCUT2D eigenvalue weighted by Crippen LogP contribution is -2.47. The molecule has 3 rings (SSSR count). The van der Waals surface area contributed by atoms with E-state index in [9.17, 15) is 35.6 Å². The number of fused-ring (bicyclic) bond motifs is 1. The van der Waals surface area contributed by atoms with E-state index in [0.717, 1.165) is 12.8 Å². The lowest BCUT2D eigenvalue weighted by molar-refractivity contribution is -0.183. The molecule has 1 aliphatic heterocycles. The summed E-state index contributed by atoms with van der Waals surface area (Å²) in [6.07, 6.45) is -1.06. The molecule has 170 valence electrons. The first-order chi connectivity index (χ1) is 13.7. The molecule has 5 atom stereocenters. The Bertz CT molecular complexity index is 843. The van der Waals surface area contributed by atoms with Gasteiger partial charge in [-0.25, -0.2) is 4.79 Å². The van der Waals surface area contributed by atoms with Crippen molar-refractivity contribution in [1.82, 2.24) is 0 Å². The molecular weight excluding hydrogens is 440 g/mol. The molecule has 30 heavy (non-hydrogen) atoms. The second kappa shape index (κ2) is 7.75. The first-order valence-corrected chi connectivity index (χ1v) is 10.6. The highest BCUT2D eigenvalue weighted by atomic mass is 32.2. The Kier molecular flexibility index (Phi) is 5.93. The molecule has 0 amide bonds. The molecule has 1 N–H and O–H groups in total. The number of carbonyl (C=O) groups excluding carboxylic acids is 2. The lowest BCUT2D eigenvalue weighted by Gasteiger charge is -2.38. The van der Waals surface area contributed by atoms with Crippen LogP contribution >= 0.6 is 0 Å². The zero-order valence-electron chi connectivity index (χ0n) is 15.6. The second-order valence-electron chi connectivity index (χ2n) is 7.79. The second-order valence-corrected chi connectivity index (χ2v) is 9.25. The molecule has 3 fully saturated rings. The standard InChI is InChI=1S/C17H20F4O8S/c1-8(7-27-3-2-16(18,19)17(20,21)30(24,25)26)15(23)29-13-10-4-9-6-12(22)28-14(13)11(9)5-10/h9-11,13-14H,1-7H2,(H,24,25,26)/t9?,10-,11?,13?,14?/m0/s1. The Hall–Kier alpha value is -1.73. The molecule has 0 radical (unpaired) electrons. The van der Waals surface area contributed by atoms with E-state index in [1.54, 1.807) is 0 Å². The average Bonchev–Trinajstić information content (AvgIpc) is 3.17. The Morgan fingerprint density at radius 1 is 1.23 bits per heavy atom. The van der Waals surface area contributed by atoms with Gasteiger partial charge in [0, 0.05) is 24.7 Å². The fourth-order valence-electron chi connectivity index (χ4n) is 4.35. The number of alkyl halides is 4. The average molecular weight is 460 g/mol. The number of carbonyl (C=O) groups is 2. The van der Waals surface area contributed by atoms with E-state index in [4.69, 9.17) is 18.8 Å². The Labute approximate surface area is 169 Å².